The average Bonchev–Trinajstić information content (AvgIpc) is 3.45. The first-order chi connectivity index (χ1) is 14.5. The van der Waals surface area contributed by atoms with Gasteiger partial charge in [0.05, 0.1) is 18.0 Å². The second-order valence-corrected chi connectivity index (χ2v) is 8.06. The van der Waals surface area contributed by atoms with Crippen molar-refractivity contribution in [3.05, 3.63) is 74.6 Å². The van der Waals surface area contributed by atoms with Gasteiger partial charge in [0.1, 0.15) is 17.4 Å². The van der Waals surface area contributed by atoms with Crippen molar-refractivity contribution < 1.29 is 4.92 Å². The minimum Gasteiger partial charge on any atom is -0.313 e. The number of hydrogen-bond acceptors (Lipinski definition) is 8. The molecule has 0 unspecified atom stereocenters. The highest BCUT2D eigenvalue weighted by atomic mass is 35.5. The lowest BCUT2D eigenvalue weighted by atomic mass is 10.2. The molecule has 10 nitrogen and oxygen atoms in total. The molecule has 0 radical (unpaired) electrons. The zero-order valence-electron chi connectivity index (χ0n) is 15.8. The SMILES string of the molecule is C[C@@H](Cn1cc([N+](=O)[O-])cn1)c1nnc(Nc2ccn(Cc3ccccc3Cl)n2)s1. The van der Waals surface area contributed by atoms with Gasteiger partial charge in [0.15, 0.2) is 5.82 Å². The van der Waals surface area contributed by atoms with E-state index in [2.05, 4.69) is 25.7 Å². The quantitative estimate of drug-likeness (QED) is 0.321. The van der Waals surface area contributed by atoms with E-state index in [0.717, 1.165) is 10.6 Å². The van der Waals surface area contributed by atoms with Gasteiger partial charge in [-0.2, -0.15) is 10.2 Å². The van der Waals surface area contributed by atoms with E-state index in [1.165, 1.54) is 28.4 Å². The second kappa shape index (κ2) is 8.59. The normalized spacial score (nSPS) is 12.1. The van der Waals surface area contributed by atoms with Crippen LogP contribution < -0.4 is 5.32 Å². The average molecular weight is 445 g/mol. The van der Waals surface area contributed by atoms with Gasteiger partial charge in [0.2, 0.25) is 5.13 Å². The Bertz CT molecular complexity index is 1170. The molecule has 0 amide bonds. The van der Waals surface area contributed by atoms with Crippen molar-refractivity contribution >= 4 is 39.6 Å². The third-order valence-corrected chi connectivity index (χ3v) is 5.76. The number of nitro groups is 1. The Kier molecular flexibility index (Phi) is 5.72. The highest BCUT2D eigenvalue weighted by Gasteiger charge is 2.16. The predicted molar refractivity (Wildman–Crippen MR) is 113 cm³/mol. The summed E-state index contributed by atoms with van der Waals surface area (Å²) in [5.41, 5.74) is 0.953. The van der Waals surface area contributed by atoms with Gasteiger partial charge in [0, 0.05) is 23.2 Å². The Morgan fingerprint density at radius 1 is 1.27 bits per heavy atom. The van der Waals surface area contributed by atoms with Crippen molar-refractivity contribution in [1.82, 2.24) is 29.8 Å². The largest absolute Gasteiger partial charge is 0.313 e. The van der Waals surface area contributed by atoms with Crippen LogP contribution in [0.15, 0.2) is 48.9 Å². The number of aromatic nitrogens is 6. The molecule has 0 aliphatic heterocycles. The summed E-state index contributed by atoms with van der Waals surface area (Å²) in [6, 6.07) is 9.50. The number of nitrogens with zero attached hydrogens (tertiary/aromatic N) is 7. The van der Waals surface area contributed by atoms with Crippen LogP contribution in [0.5, 0.6) is 0 Å². The van der Waals surface area contributed by atoms with E-state index in [1.54, 1.807) is 4.68 Å². The molecule has 0 aliphatic carbocycles. The molecule has 1 N–H and O–H groups in total. The van der Waals surface area contributed by atoms with E-state index in [-0.39, 0.29) is 11.6 Å². The minimum atomic E-state index is -0.466. The molecule has 3 aromatic heterocycles. The fourth-order valence-electron chi connectivity index (χ4n) is 2.82. The van der Waals surface area contributed by atoms with E-state index >= 15 is 0 Å². The first-order valence-electron chi connectivity index (χ1n) is 9.02. The lowest BCUT2D eigenvalue weighted by molar-refractivity contribution is -0.385. The molecule has 0 spiro atoms. The number of nitrogens with one attached hydrogen (secondary N) is 1. The zero-order chi connectivity index (χ0) is 21.1. The maximum absolute atomic E-state index is 10.8. The Labute approximate surface area is 180 Å². The molecule has 0 saturated heterocycles. The lowest BCUT2D eigenvalue weighted by Gasteiger charge is -2.06. The molecule has 154 valence electrons. The van der Waals surface area contributed by atoms with Crippen LogP contribution in [0.1, 0.15) is 23.4 Å². The molecule has 0 bridgehead atoms. The van der Waals surface area contributed by atoms with Gasteiger partial charge in [-0.05, 0) is 11.6 Å². The first-order valence-corrected chi connectivity index (χ1v) is 10.2. The van der Waals surface area contributed by atoms with Crippen LogP contribution >= 0.6 is 22.9 Å². The zero-order valence-corrected chi connectivity index (χ0v) is 17.4. The van der Waals surface area contributed by atoms with Gasteiger partial charge >= 0.3 is 5.69 Å². The fraction of sp³-hybridized carbons (Fsp3) is 0.222. The maximum Gasteiger partial charge on any atom is 0.306 e. The Morgan fingerprint density at radius 3 is 2.87 bits per heavy atom. The molecular weight excluding hydrogens is 428 g/mol. The first kappa shape index (κ1) is 20.0. The topological polar surface area (TPSA) is 117 Å². The highest BCUT2D eigenvalue weighted by molar-refractivity contribution is 7.15. The van der Waals surface area contributed by atoms with Crippen molar-refractivity contribution in [2.45, 2.75) is 25.9 Å². The molecule has 1 atom stereocenters. The van der Waals surface area contributed by atoms with Crippen LogP contribution in [-0.4, -0.2) is 34.7 Å². The Balaban J connectivity index is 1.38. The van der Waals surface area contributed by atoms with Gasteiger partial charge in [-0.15, -0.1) is 10.2 Å². The van der Waals surface area contributed by atoms with Gasteiger partial charge < -0.3 is 5.32 Å². The lowest BCUT2D eigenvalue weighted by Crippen LogP contribution is -2.06. The summed E-state index contributed by atoms with van der Waals surface area (Å²) in [6.07, 6.45) is 4.50. The van der Waals surface area contributed by atoms with Crippen molar-refractivity contribution in [3.8, 4) is 0 Å². The smallest absolute Gasteiger partial charge is 0.306 e. The van der Waals surface area contributed by atoms with Crippen molar-refractivity contribution in [2.24, 2.45) is 0 Å². The molecule has 3 heterocycles. The van der Waals surface area contributed by atoms with E-state index in [9.17, 15) is 10.1 Å². The minimum absolute atomic E-state index is 0.00432. The summed E-state index contributed by atoms with van der Waals surface area (Å²) in [4.78, 5) is 10.3. The number of benzene rings is 1. The summed E-state index contributed by atoms with van der Waals surface area (Å²) in [5, 5.41) is 32.9. The van der Waals surface area contributed by atoms with Crippen LogP contribution in [0.3, 0.4) is 0 Å². The fourth-order valence-corrected chi connectivity index (χ4v) is 3.81. The monoisotopic (exact) mass is 444 g/mol. The van der Waals surface area contributed by atoms with Crippen LogP contribution in [0.4, 0.5) is 16.6 Å². The van der Waals surface area contributed by atoms with E-state index < -0.39 is 4.92 Å². The summed E-state index contributed by atoms with van der Waals surface area (Å²) >= 11 is 7.61. The summed E-state index contributed by atoms with van der Waals surface area (Å²) in [5.74, 6) is 0.649. The predicted octanol–water partition coefficient (Wildman–Crippen LogP) is 4.09. The molecule has 0 fully saturated rings. The molecule has 4 aromatic rings. The molecule has 30 heavy (non-hydrogen) atoms. The molecule has 4 rings (SSSR count). The number of halogens is 1. The van der Waals surface area contributed by atoms with E-state index in [0.29, 0.717) is 29.1 Å². The molecular formula is C18H17ClN8O2S. The molecule has 0 saturated carbocycles. The third-order valence-electron chi connectivity index (χ3n) is 4.32. The van der Waals surface area contributed by atoms with Gasteiger partial charge in [0.25, 0.3) is 0 Å². The van der Waals surface area contributed by atoms with Crippen molar-refractivity contribution in [1.29, 1.82) is 0 Å². The summed E-state index contributed by atoms with van der Waals surface area (Å²) < 4.78 is 3.33. The van der Waals surface area contributed by atoms with Crippen LogP contribution in [0.25, 0.3) is 0 Å². The summed E-state index contributed by atoms with van der Waals surface area (Å²) in [7, 11) is 0. The highest BCUT2D eigenvalue weighted by Crippen LogP contribution is 2.26. The maximum atomic E-state index is 10.8. The third kappa shape index (κ3) is 4.63. The van der Waals surface area contributed by atoms with Gasteiger partial charge in [-0.3, -0.25) is 19.5 Å². The van der Waals surface area contributed by atoms with Crippen molar-refractivity contribution in [2.75, 3.05) is 5.32 Å². The Hall–Kier alpha value is -3.31. The molecule has 1 aromatic carbocycles. The number of anilines is 2. The van der Waals surface area contributed by atoms with Crippen LogP contribution in [0.2, 0.25) is 5.02 Å². The van der Waals surface area contributed by atoms with Crippen LogP contribution in [-0.2, 0) is 13.1 Å². The van der Waals surface area contributed by atoms with Gasteiger partial charge in [-0.25, -0.2) is 0 Å². The van der Waals surface area contributed by atoms with Gasteiger partial charge in [-0.1, -0.05) is 48.1 Å². The van der Waals surface area contributed by atoms with Crippen LogP contribution in [0, 0.1) is 10.1 Å². The number of rotatable bonds is 8. The standard InChI is InChI=1S/C18H17ClN8O2S/c1-12(9-26-11-14(8-20-26)27(28)29)17-22-23-18(30-17)21-16-6-7-25(24-16)10-13-4-2-3-5-15(13)19/h2-8,11-12H,9-10H2,1H3,(H,21,23,24)/t12-/m0/s1. The molecule has 0 aliphatic rings. The van der Waals surface area contributed by atoms with E-state index in [4.69, 9.17) is 11.6 Å². The van der Waals surface area contributed by atoms with E-state index in [1.807, 2.05) is 43.5 Å². The number of hydrogen-bond donors (Lipinski definition) is 1. The second-order valence-electron chi connectivity index (χ2n) is 6.64. The molecule has 12 heteroatoms. The van der Waals surface area contributed by atoms with Crippen molar-refractivity contribution in [3.63, 3.8) is 0 Å². The summed E-state index contributed by atoms with van der Waals surface area (Å²) in [6.45, 7) is 3.00. The Morgan fingerprint density at radius 2 is 2.10 bits per heavy atom.